The number of aryl methyl sites for hydroxylation is 2. The average molecular weight is 282 g/mol. The summed E-state index contributed by atoms with van der Waals surface area (Å²) in [5.74, 6) is 0.976. The largest absolute Gasteiger partial charge is 0.497 e. The highest BCUT2D eigenvalue weighted by Crippen LogP contribution is 2.17. The molecule has 0 N–H and O–H groups in total. The molecule has 0 saturated heterocycles. The first-order valence-electron chi connectivity index (χ1n) is 7.45. The van der Waals surface area contributed by atoms with Crippen LogP contribution < -0.4 is 4.74 Å². The Kier molecular flexibility index (Phi) is 5.15. The average Bonchev–Trinajstić information content (AvgIpc) is 2.54. The van der Waals surface area contributed by atoms with Crippen LogP contribution in [0.15, 0.2) is 42.5 Å². The van der Waals surface area contributed by atoms with Crippen LogP contribution in [0.5, 0.6) is 5.75 Å². The second kappa shape index (κ2) is 7.07. The summed E-state index contributed by atoms with van der Waals surface area (Å²) in [7, 11) is 1.64. The molecule has 0 aromatic heterocycles. The molecule has 0 spiro atoms. The highest BCUT2D eigenvalue weighted by molar-refractivity contribution is 5.97. The summed E-state index contributed by atoms with van der Waals surface area (Å²) in [6.45, 7) is 4.28. The Bertz CT molecular complexity index is 612. The Morgan fingerprint density at radius 3 is 2.19 bits per heavy atom. The smallest absolute Gasteiger partial charge is 0.167 e. The van der Waals surface area contributed by atoms with E-state index in [2.05, 4.69) is 19.9 Å². The van der Waals surface area contributed by atoms with Crippen LogP contribution in [0.3, 0.4) is 0 Å². The van der Waals surface area contributed by atoms with Crippen molar-refractivity contribution in [1.29, 1.82) is 0 Å². The van der Waals surface area contributed by atoms with Crippen molar-refractivity contribution < 1.29 is 9.53 Å². The van der Waals surface area contributed by atoms with Crippen LogP contribution in [0.1, 0.15) is 40.9 Å². The van der Waals surface area contributed by atoms with Gasteiger partial charge >= 0.3 is 0 Å². The normalized spacial score (nSPS) is 10.4. The molecule has 0 amide bonds. The van der Waals surface area contributed by atoms with E-state index < -0.39 is 0 Å². The van der Waals surface area contributed by atoms with Gasteiger partial charge in [-0.3, -0.25) is 4.79 Å². The van der Waals surface area contributed by atoms with E-state index in [1.165, 1.54) is 11.1 Å². The number of hydrogen-bond acceptors (Lipinski definition) is 2. The van der Waals surface area contributed by atoms with Crippen LogP contribution in [0, 0.1) is 0 Å². The number of Topliss-reactive ketones (excluding diaryl/α,β-unsaturated/α-hetero) is 1. The number of ketones is 1. The molecular weight excluding hydrogens is 260 g/mol. The van der Waals surface area contributed by atoms with Crippen LogP contribution >= 0.6 is 0 Å². The minimum atomic E-state index is 0.164. The van der Waals surface area contributed by atoms with E-state index in [9.17, 15) is 4.79 Å². The minimum absolute atomic E-state index is 0.164. The van der Waals surface area contributed by atoms with Gasteiger partial charge in [-0.25, -0.2) is 0 Å². The third kappa shape index (κ3) is 3.72. The molecule has 0 aliphatic heterocycles. The summed E-state index contributed by atoms with van der Waals surface area (Å²) in [6.07, 6.45) is 2.40. The van der Waals surface area contributed by atoms with Gasteiger partial charge in [0.2, 0.25) is 0 Å². The lowest BCUT2D eigenvalue weighted by Crippen LogP contribution is -2.05. The summed E-state index contributed by atoms with van der Waals surface area (Å²) in [4.78, 5) is 12.4. The van der Waals surface area contributed by atoms with Crippen molar-refractivity contribution in [3.05, 3.63) is 64.7 Å². The number of carbonyl (C=O) groups excluding carboxylic acids is 1. The molecule has 0 unspecified atom stereocenters. The van der Waals surface area contributed by atoms with Gasteiger partial charge in [-0.05, 0) is 47.7 Å². The van der Waals surface area contributed by atoms with Crippen molar-refractivity contribution in [1.82, 2.24) is 0 Å². The maximum Gasteiger partial charge on any atom is 0.167 e. The maximum absolute atomic E-state index is 12.4. The van der Waals surface area contributed by atoms with Crippen molar-refractivity contribution in [2.45, 2.75) is 33.1 Å². The summed E-state index contributed by atoms with van der Waals surface area (Å²) < 4.78 is 5.13. The van der Waals surface area contributed by atoms with Gasteiger partial charge in [0.25, 0.3) is 0 Å². The van der Waals surface area contributed by atoms with Crippen molar-refractivity contribution in [2.24, 2.45) is 0 Å². The van der Waals surface area contributed by atoms with Crippen LogP contribution in [0.25, 0.3) is 0 Å². The number of methoxy groups -OCH3 is 1. The van der Waals surface area contributed by atoms with Gasteiger partial charge in [0, 0.05) is 12.0 Å². The van der Waals surface area contributed by atoms with Crippen LogP contribution in [-0.2, 0) is 19.3 Å². The molecule has 0 saturated carbocycles. The third-order valence-corrected chi connectivity index (χ3v) is 3.81. The molecule has 110 valence electrons. The summed E-state index contributed by atoms with van der Waals surface area (Å²) in [5, 5.41) is 0. The monoisotopic (exact) mass is 282 g/mol. The molecule has 2 nitrogen and oxygen atoms in total. The molecule has 0 radical (unpaired) electrons. The number of hydrogen-bond donors (Lipinski definition) is 0. The van der Waals surface area contributed by atoms with E-state index in [0.29, 0.717) is 6.42 Å². The quantitative estimate of drug-likeness (QED) is 0.741. The van der Waals surface area contributed by atoms with Gasteiger partial charge in [0.1, 0.15) is 5.75 Å². The van der Waals surface area contributed by atoms with Crippen LogP contribution in [-0.4, -0.2) is 12.9 Å². The van der Waals surface area contributed by atoms with E-state index in [1.807, 2.05) is 36.4 Å². The van der Waals surface area contributed by atoms with Crippen molar-refractivity contribution in [3.63, 3.8) is 0 Å². The Morgan fingerprint density at radius 1 is 0.952 bits per heavy atom. The lowest BCUT2D eigenvalue weighted by molar-refractivity contribution is 0.0993. The van der Waals surface area contributed by atoms with Gasteiger partial charge in [-0.1, -0.05) is 38.1 Å². The molecule has 2 rings (SSSR count). The number of rotatable bonds is 6. The molecule has 0 fully saturated rings. The van der Waals surface area contributed by atoms with Crippen LogP contribution in [0.2, 0.25) is 0 Å². The van der Waals surface area contributed by atoms with E-state index >= 15 is 0 Å². The standard InChI is InChI=1S/C19H22O2/c1-4-15-8-9-17(13-16(15)5-2)19(20)12-14-6-10-18(21-3)11-7-14/h6-11,13H,4-5,12H2,1-3H3. The molecule has 2 heteroatoms. The van der Waals surface area contributed by atoms with Gasteiger partial charge in [-0.2, -0.15) is 0 Å². The molecule has 2 aromatic rings. The highest BCUT2D eigenvalue weighted by Gasteiger charge is 2.09. The van der Waals surface area contributed by atoms with E-state index in [0.717, 1.165) is 29.7 Å². The Morgan fingerprint density at radius 2 is 1.62 bits per heavy atom. The number of ether oxygens (including phenoxy) is 1. The lowest BCUT2D eigenvalue weighted by Gasteiger charge is -2.09. The van der Waals surface area contributed by atoms with E-state index in [4.69, 9.17) is 4.74 Å². The summed E-state index contributed by atoms with van der Waals surface area (Å²) >= 11 is 0. The number of carbonyl (C=O) groups is 1. The van der Waals surface area contributed by atoms with Crippen molar-refractivity contribution in [2.75, 3.05) is 7.11 Å². The third-order valence-electron chi connectivity index (χ3n) is 3.81. The first kappa shape index (κ1) is 15.3. The minimum Gasteiger partial charge on any atom is -0.497 e. The molecular formula is C19H22O2. The van der Waals surface area contributed by atoms with Gasteiger partial charge in [-0.15, -0.1) is 0 Å². The Balaban J connectivity index is 2.15. The molecule has 0 aliphatic rings. The van der Waals surface area contributed by atoms with Gasteiger partial charge in [0.15, 0.2) is 5.78 Å². The Hall–Kier alpha value is -2.09. The fraction of sp³-hybridized carbons (Fsp3) is 0.316. The van der Waals surface area contributed by atoms with Gasteiger partial charge < -0.3 is 4.74 Å². The zero-order valence-electron chi connectivity index (χ0n) is 13.0. The molecule has 2 aromatic carbocycles. The zero-order chi connectivity index (χ0) is 15.2. The van der Waals surface area contributed by atoms with Crippen molar-refractivity contribution in [3.8, 4) is 5.75 Å². The molecule has 0 bridgehead atoms. The van der Waals surface area contributed by atoms with E-state index in [1.54, 1.807) is 7.11 Å². The molecule has 21 heavy (non-hydrogen) atoms. The second-order valence-corrected chi connectivity index (χ2v) is 5.14. The van der Waals surface area contributed by atoms with E-state index in [-0.39, 0.29) is 5.78 Å². The molecule has 0 atom stereocenters. The summed E-state index contributed by atoms with van der Waals surface area (Å²) in [5.41, 5.74) is 4.43. The predicted molar refractivity (Wildman–Crippen MR) is 86.2 cm³/mol. The fourth-order valence-electron chi connectivity index (χ4n) is 2.50. The summed E-state index contributed by atoms with van der Waals surface area (Å²) in [6, 6.07) is 13.7. The van der Waals surface area contributed by atoms with Gasteiger partial charge in [0.05, 0.1) is 7.11 Å². The van der Waals surface area contributed by atoms with Crippen molar-refractivity contribution >= 4 is 5.78 Å². The second-order valence-electron chi connectivity index (χ2n) is 5.14. The zero-order valence-corrected chi connectivity index (χ0v) is 13.0. The lowest BCUT2D eigenvalue weighted by atomic mass is 9.96. The first-order chi connectivity index (χ1) is 10.2. The van der Waals surface area contributed by atoms with Crippen LogP contribution in [0.4, 0.5) is 0 Å². The highest BCUT2D eigenvalue weighted by atomic mass is 16.5. The molecule has 0 aliphatic carbocycles. The topological polar surface area (TPSA) is 26.3 Å². The number of benzene rings is 2. The Labute approximate surface area is 126 Å². The predicted octanol–water partition coefficient (Wildman–Crippen LogP) is 4.25. The SMILES string of the molecule is CCc1ccc(C(=O)Cc2ccc(OC)cc2)cc1CC. The fourth-order valence-corrected chi connectivity index (χ4v) is 2.50. The molecule has 0 heterocycles. The first-order valence-corrected chi connectivity index (χ1v) is 7.45. The maximum atomic E-state index is 12.4.